The van der Waals surface area contributed by atoms with Crippen molar-refractivity contribution in [3.8, 4) is 0 Å². The molecule has 2 amide bonds. The van der Waals surface area contributed by atoms with Crippen LogP contribution in [0.3, 0.4) is 0 Å². The van der Waals surface area contributed by atoms with Crippen LogP contribution in [-0.2, 0) is 11.3 Å². The minimum absolute atomic E-state index is 0.193. The number of anilines is 1. The van der Waals surface area contributed by atoms with E-state index in [2.05, 4.69) is 15.5 Å². The summed E-state index contributed by atoms with van der Waals surface area (Å²) < 4.78 is 5.21. The van der Waals surface area contributed by atoms with E-state index in [4.69, 9.17) is 4.52 Å². The summed E-state index contributed by atoms with van der Waals surface area (Å²) in [6, 6.07) is 9.34. The fraction of sp³-hybridized carbons (Fsp3) is 0.333. The van der Waals surface area contributed by atoms with E-state index < -0.39 is 0 Å². The Hall–Kier alpha value is -3.22. The van der Waals surface area contributed by atoms with Gasteiger partial charge in [0.1, 0.15) is 0 Å². The summed E-state index contributed by atoms with van der Waals surface area (Å²) in [5.74, 6) is -0.0497. The van der Waals surface area contributed by atoms with Crippen LogP contribution >= 0.6 is 0 Å². The number of benzene rings is 1. The Kier molecular flexibility index (Phi) is 4.81. The minimum atomic E-state index is -0.243. The number of aromatic nitrogens is 2. The van der Waals surface area contributed by atoms with Crippen LogP contribution in [0.15, 0.2) is 34.9 Å². The van der Waals surface area contributed by atoms with Crippen molar-refractivity contribution in [3.05, 3.63) is 52.8 Å². The van der Waals surface area contributed by atoms with Gasteiger partial charge in [-0.3, -0.25) is 9.59 Å². The molecule has 7 nitrogen and oxygen atoms in total. The summed E-state index contributed by atoms with van der Waals surface area (Å²) in [7, 11) is 0. The zero-order valence-corrected chi connectivity index (χ0v) is 16.0. The van der Waals surface area contributed by atoms with E-state index in [0.29, 0.717) is 46.7 Å². The number of rotatable bonds is 4. The number of pyridine rings is 1. The van der Waals surface area contributed by atoms with Crippen LogP contribution in [0.2, 0.25) is 0 Å². The molecule has 0 radical (unpaired) electrons. The Morgan fingerprint density at radius 2 is 2.11 bits per heavy atom. The Bertz CT molecular complexity index is 1060. The SMILES string of the molecule is Cc1cc(C(=O)Nc2cccc(CN3CCCCC3=O)c2)c2c(C)noc2n1. The molecule has 28 heavy (non-hydrogen) atoms. The molecular weight excluding hydrogens is 356 g/mol. The third-order valence-corrected chi connectivity index (χ3v) is 4.97. The monoisotopic (exact) mass is 378 g/mol. The second-order valence-electron chi connectivity index (χ2n) is 7.19. The van der Waals surface area contributed by atoms with Gasteiger partial charge in [0.15, 0.2) is 0 Å². The number of carbonyl (C=O) groups is 2. The predicted molar refractivity (Wildman–Crippen MR) is 105 cm³/mol. The number of amides is 2. The van der Waals surface area contributed by atoms with E-state index in [-0.39, 0.29) is 11.8 Å². The van der Waals surface area contributed by atoms with Crippen molar-refractivity contribution in [2.75, 3.05) is 11.9 Å². The molecule has 2 aromatic heterocycles. The van der Waals surface area contributed by atoms with Crippen LogP contribution in [0, 0.1) is 13.8 Å². The normalized spacial score (nSPS) is 14.5. The first-order chi connectivity index (χ1) is 13.5. The van der Waals surface area contributed by atoms with Crippen molar-refractivity contribution in [2.45, 2.75) is 39.7 Å². The number of carbonyl (C=O) groups excluding carboxylic acids is 2. The van der Waals surface area contributed by atoms with Crippen LogP contribution in [-0.4, -0.2) is 33.4 Å². The maximum atomic E-state index is 12.9. The van der Waals surface area contributed by atoms with Gasteiger partial charge in [0.05, 0.1) is 16.6 Å². The van der Waals surface area contributed by atoms with Crippen LogP contribution < -0.4 is 5.32 Å². The maximum absolute atomic E-state index is 12.9. The van der Waals surface area contributed by atoms with Crippen molar-refractivity contribution < 1.29 is 14.1 Å². The van der Waals surface area contributed by atoms with E-state index in [0.717, 1.165) is 24.9 Å². The molecule has 144 valence electrons. The van der Waals surface area contributed by atoms with E-state index in [1.54, 1.807) is 13.0 Å². The number of aryl methyl sites for hydroxylation is 2. The molecule has 0 spiro atoms. The summed E-state index contributed by atoms with van der Waals surface area (Å²) in [5, 5.41) is 7.49. The lowest BCUT2D eigenvalue weighted by molar-refractivity contribution is -0.133. The topological polar surface area (TPSA) is 88.3 Å². The van der Waals surface area contributed by atoms with Gasteiger partial charge in [0.25, 0.3) is 11.6 Å². The first kappa shape index (κ1) is 18.2. The molecule has 0 bridgehead atoms. The number of piperidine rings is 1. The number of likely N-dealkylation sites (tertiary alicyclic amines) is 1. The third-order valence-electron chi connectivity index (χ3n) is 4.97. The lowest BCUT2D eigenvalue weighted by atomic mass is 10.1. The number of hydrogen-bond donors (Lipinski definition) is 1. The minimum Gasteiger partial charge on any atom is -0.338 e. The molecule has 1 N–H and O–H groups in total. The average Bonchev–Trinajstić information content (AvgIpc) is 3.04. The van der Waals surface area contributed by atoms with E-state index in [1.807, 2.05) is 36.1 Å². The Morgan fingerprint density at radius 3 is 2.93 bits per heavy atom. The van der Waals surface area contributed by atoms with Crippen LogP contribution in [0.5, 0.6) is 0 Å². The summed E-state index contributed by atoms with van der Waals surface area (Å²) in [4.78, 5) is 31.1. The molecule has 0 unspecified atom stereocenters. The number of hydrogen-bond acceptors (Lipinski definition) is 5. The fourth-order valence-corrected chi connectivity index (χ4v) is 3.59. The highest BCUT2D eigenvalue weighted by Gasteiger charge is 2.19. The average molecular weight is 378 g/mol. The van der Waals surface area contributed by atoms with Crippen molar-refractivity contribution in [1.82, 2.24) is 15.0 Å². The number of nitrogens with one attached hydrogen (secondary N) is 1. The second kappa shape index (κ2) is 7.42. The van der Waals surface area contributed by atoms with Crippen LogP contribution in [0.1, 0.15) is 46.6 Å². The van der Waals surface area contributed by atoms with Crippen LogP contribution in [0.25, 0.3) is 11.1 Å². The molecule has 0 atom stereocenters. The molecule has 3 heterocycles. The fourth-order valence-electron chi connectivity index (χ4n) is 3.59. The third kappa shape index (κ3) is 3.60. The summed E-state index contributed by atoms with van der Waals surface area (Å²) in [6.07, 6.45) is 2.62. The molecule has 7 heteroatoms. The van der Waals surface area contributed by atoms with Gasteiger partial charge in [0.2, 0.25) is 5.91 Å². The van der Waals surface area contributed by atoms with E-state index in [1.165, 1.54) is 0 Å². The van der Waals surface area contributed by atoms with Crippen LogP contribution in [0.4, 0.5) is 5.69 Å². The van der Waals surface area contributed by atoms with Crippen molar-refractivity contribution in [1.29, 1.82) is 0 Å². The smallest absolute Gasteiger partial charge is 0.258 e. The van der Waals surface area contributed by atoms with Crippen molar-refractivity contribution in [2.24, 2.45) is 0 Å². The Morgan fingerprint density at radius 1 is 1.25 bits per heavy atom. The van der Waals surface area contributed by atoms with Gasteiger partial charge in [-0.1, -0.05) is 17.3 Å². The summed E-state index contributed by atoms with van der Waals surface area (Å²) in [5.41, 5.74) is 3.84. The molecule has 1 fully saturated rings. The largest absolute Gasteiger partial charge is 0.338 e. The van der Waals surface area contributed by atoms with Crippen molar-refractivity contribution in [3.63, 3.8) is 0 Å². The molecule has 1 saturated heterocycles. The first-order valence-corrected chi connectivity index (χ1v) is 9.43. The maximum Gasteiger partial charge on any atom is 0.258 e. The van der Waals surface area contributed by atoms with E-state index >= 15 is 0 Å². The predicted octanol–water partition coefficient (Wildman–Crippen LogP) is 3.60. The zero-order valence-electron chi connectivity index (χ0n) is 16.0. The quantitative estimate of drug-likeness (QED) is 0.749. The van der Waals surface area contributed by atoms with Gasteiger partial charge in [-0.2, -0.15) is 0 Å². The highest BCUT2D eigenvalue weighted by Crippen LogP contribution is 2.23. The van der Waals surface area contributed by atoms with Gasteiger partial charge in [-0.25, -0.2) is 4.98 Å². The first-order valence-electron chi connectivity index (χ1n) is 9.43. The Labute approximate surface area is 162 Å². The van der Waals surface area contributed by atoms with Gasteiger partial charge >= 0.3 is 0 Å². The lowest BCUT2D eigenvalue weighted by Crippen LogP contribution is -2.34. The zero-order chi connectivity index (χ0) is 19.7. The molecule has 3 aromatic rings. The lowest BCUT2D eigenvalue weighted by Gasteiger charge is -2.26. The summed E-state index contributed by atoms with van der Waals surface area (Å²) >= 11 is 0. The molecule has 0 saturated carbocycles. The van der Waals surface area contributed by atoms with Gasteiger partial charge in [-0.05, 0) is 50.5 Å². The number of fused-ring (bicyclic) bond motifs is 1. The van der Waals surface area contributed by atoms with Gasteiger partial charge < -0.3 is 14.7 Å². The number of nitrogens with zero attached hydrogens (tertiary/aromatic N) is 3. The highest BCUT2D eigenvalue weighted by atomic mass is 16.5. The Balaban J connectivity index is 1.56. The molecular formula is C21H22N4O3. The molecule has 1 aliphatic rings. The van der Waals surface area contributed by atoms with Crippen molar-refractivity contribution >= 4 is 28.6 Å². The molecule has 4 rings (SSSR count). The standard InChI is InChI=1S/C21H22N4O3/c1-13-10-17(19-14(2)24-28-21(19)22-13)20(27)23-16-7-5-6-15(11-16)12-25-9-4-3-8-18(25)26/h5-7,10-11H,3-4,8-9,12H2,1-2H3,(H,23,27). The second-order valence-corrected chi connectivity index (χ2v) is 7.19. The molecule has 1 aromatic carbocycles. The summed E-state index contributed by atoms with van der Waals surface area (Å²) in [6.45, 7) is 4.95. The van der Waals surface area contributed by atoms with Gasteiger partial charge in [-0.15, -0.1) is 0 Å². The van der Waals surface area contributed by atoms with Gasteiger partial charge in [0, 0.05) is 30.9 Å². The highest BCUT2D eigenvalue weighted by molar-refractivity contribution is 6.12. The molecule has 1 aliphatic heterocycles. The molecule has 0 aliphatic carbocycles. The van der Waals surface area contributed by atoms with E-state index in [9.17, 15) is 9.59 Å².